The normalized spacial score (nSPS) is 20.5. The molecule has 0 aromatic heterocycles. The van der Waals surface area contributed by atoms with Gasteiger partial charge in [-0.2, -0.15) is 0 Å². The number of carbonyl (C=O) groups is 1. The number of fused-ring (bicyclic) bond motifs is 1. The second kappa shape index (κ2) is 8.61. The van der Waals surface area contributed by atoms with Crippen molar-refractivity contribution < 1.29 is 13.2 Å². The van der Waals surface area contributed by atoms with Crippen molar-refractivity contribution in [2.24, 2.45) is 5.92 Å². The molecule has 6 heteroatoms. The third-order valence-electron chi connectivity index (χ3n) is 6.77. The van der Waals surface area contributed by atoms with Crippen molar-refractivity contribution in [2.45, 2.75) is 23.2 Å². The molecule has 0 radical (unpaired) electrons. The van der Waals surface area contributed by atoms with Crippen LogP contribution in [0.2, 0.25) is 0 Å². The SMILES string of the molecule is C=CCNS(=O)(=O)c1cccc(C(=O)NCC2CC3c4ccccc4C2c2ccccc23)c1. The second-order valence-electron chi connectivity index (χ2n) is 8.66. The van der Waals surface area contributed by atoms with E-state index < -0.39 is 10.0 Å². The van der Waals surface area contributed by atoms with E-state index in [1.165, 1.54) is 40.5 Å². The van der Waals surface area contributed by atoms with Gasteiger partial charge in [0.25, 0.3) is 5.91 Å². The highest BCUT2D eigenvalue weighted by Crippen LogP contribution is 2.55. The number of hydrogen-bond donors (Lipinski definition) is 2. The van der Waals surface area contributed by atoms with Crippen molar-refractivity contribution in [3.63, 3.8) is 0 Å². The largest absolute Gasteiger partial charge is 0.352 e. The van der Waals surface area contributed by atoms with Crippen LogP contribution in [0, 0.1) is 5.92 Å². The van der Waals surface area contributed by atoms with E-state index >= 15 is 0 Å². The number of benzene rings is 3. The fourth-order valence-electron chi connectivity index (χ4n) is 5.34. The molecule has 0 spiro atoms. The van der Waals surface area contributed by atoms with Crippen LogP contribution in [-0.4, -0.2) is 27.4 Å². The minimum atomic E-state index is -3.69. The third kappa shape index (κ3) is 3.90. The third-order valence-corrected chi connectivity index (χ3v) is 8.19. The van der Waals surface area contributed by atoms with Crippen molar-refractivity contribution in [2.75, 3.05) is 13.1 Å². The highest BCUT2D eigenvalue weighted by atomic mass is 32.2. The fourth-order valence-corrected chi connectivity index (χ4v) is 6.39. The molecule has 3 aliphatic carbocycles. The van der Waals surface area contributed by atoms with Gasteiger partial charge >= 0.3 is 0 Å². The molecule has 1 unspecified atom stereocenters. The van der Waals surface area contributed by atoms with Gasteiger partial charge in [-0.25, -0.2) is 13.1 Å². The van der Waals surface area contributed by atoms with Crippen molar-refractivity contribution in [1.82, 2.24) is 10.0 Å². The van der Waals surface area contributed by atoms with E-state index in [2.05, 4.69) is 65.1 Å². The summed E-state index contributed by atoms with van der Waals surface area (Å²) in [5.74, 6) is 0.606. The molecule has 5 nitrogen and oxygen atoms in total. The molecule has 3 aliphatic rings. The van der Waals surface area contributed by atoms with Gasteiger partial charge in [0.05, 0.1) is 4.90 Å². The predicted octanol–water partition coefficient (Wildman–Crippen LogP) is 4.18. The smallest absolute Gasteiger partial charge is 0.251 e. The molecule has 0 saturated carbocycles. The summed E-state index contributed by atoms with van der Waals surface area (Å²) in [7, 11) is -3.69. The molecule has 2 N–H and O–H groups in total. The minimum Gasteiger partial charge on any atom is -0.352 e. The van der Waals surface area contributed by atoms with Gasteiger partial charge in [0, 0.05) is 30.5 Å². The molecule has 0 heterocycles. The first kappa shape index (κ1) is 21.6. The molecular formula is C27H26N2O3S. The quantitative estimate of drug-likeness (QED) is 0.522. The Kier molecular flexibility index (Phi) is 5.64. The van der Waals surface area contributed by atoms with Crippen LogP contribution in [0.25, 0.3) is 0 Å². The lowest BCUT2D eigenvalue weighted by Crippen LogP contribution is -2.39. The molecule has 168 valence electrons. The van der Waals surface area contributed by atoms with Gasteiger partial charge in [-0.1, -0.05) is 60.7 Å². The Bertz CT molecular complexity index is 1280. The summed E-state index contributed by atoms with van der Waals surface area (Å²) < 4.78 is 27.2. The molecule has 0 aliphatic heterocycles. The van der Waals surface area contributed by atoms with Crippen LogP contribution in [0.4, 0.5) is 0 Å². The monoisotopic (exact) mass is 458 g/mol. The van der Waals surface area contributed by atoms with Crippen molar-refractivity contribution in [3.05, 3.63) is 113 Å². The Morgan fingerprint density at radius 3 is 2.21 bits per heavy atom. The lowest BCUT2D eigenvalue weighted by atomic mass is 9.59. The Morgan fingerprint density at radius 1 is 0.939 bits per heavy atom. The van der Waals surface area contributed by atoms with E-state index in [0.717, 1.165) is 6.42 Å². The summed E-state index contributed by atoms with van der Waals surface area (Å²) in [6.45, 7) is 4.19. The molecule has 6 rings (SSSR count). The highest BCUT2D eigenvalue weighted by Gasteiger charge is 2.42. The van der Waals surface area contributed by atoms with Gasteiger partial charge in [0.2, 0.25) is 10.0 Å². The number of nitrogens with one attached hydrogen (secondary N) is 2. The van der Waals surface area contributed by atoms with Crippen molar-refractivity contribution in [3.8, 4) is 0 Å². The summed E-state index contributed by atoms with van der Waals surface area (Å²) in [5.41, 5.74) is 5.84. The van der Waals surface area contributed by atoms with E-state index in [1.807, 2.05) is 0 Å². The average molecular weight is 459 g/mol. The number of amides is 1. The second-order valence-corrected chi connectivity index (χ2v) is 10.4. The van der Waals surface area contributed by atoms with E-state index in [1.54, 1.807) is 12.1 Å². The van der Waals surface area contributed by atoms with Crippen LogP contribution >= 0.6 is 0 Å². The zero-order chi connectivity index (χ0) is 23.0. The van der Waals surface area contributed by atoms with Gasteiger partial charge in [0.15, 0.2) is 0 Å². The summed E-state index contributed by atoms with van der Waals surface area (Å²) in [6.07, 6.45) is 2.46. The van der Waals surface area contributed by atoms with E-state index in [0.29, 0.717) is 18.0 Å². The number of sulfonamides is 1. The summed E-state index contributed by atoms with van der Waals surface area (Å²) in [6, 6.07) is 23.4. The van der Waals surface area contributed by atoms with Crippen LogP contribution in [-0.2, 0) is 10.0 Å². The molecular weight excluding hydrogens is 432 g/mol. The van der Waals surface area contributed by atoms with Gasteiger partial charge < -0.3 is 5.32 Å². The Balaban J connectivity index is 1.35. The topological polar surface area (TPSA) is 75.3 Å². The summed E-state index contributed by atoms with van der Waals surface area (Å²) in [5, 5.41) is 3.07. The van der Waals surface area contributed by atoms with Crippen LogP contribution < -0.4 is 10.0 Å². The zero-order valence-corrected chi connectivity index (χ0v) is 19.0. The van der Waals surface area contributed by atoms with Crippen LogP contribution in [0.1, 0.15) is 50.9 Å². The Labute approximate surface area is 194 Å². The maximum Gasteiger partial charge on any atom is 0.251 e. The standard InChI is InChI=1S/C27H26N2O3S/c1-2-14-29-33(31,32)20-9-7-8-18(15-20)27(30)28-17-19-16-25-21-10-3-5-12-23(21)26(19)24-13-6-4-11-22(24)25/h2-13,15,19,25-26,29H,1,14,16-17H2,(H,28,30). The molecule has 1 atom stereocenters. The average Bonchev–Trinajstić information content (AvgIpc) is 2.86. The number of carbonyl (C=O) groups excluding carboxylic acids is 1. The number of hydrogen-bond acceptors (Lipinski definition) is 3. The van der Waals surface area contributed by atoms with Gasteiger partial charge in [0.1, 0.15) is 0 Å². The summed E-state index contributed by atoms with van der Waals surface area (Å²) >= 11 is 0. The molecule has 3 aromatic rings. The van der Waals surface area contributed by atoms with E-state index in [9.17, 15) is 13.2 Å². The van der Waals surface area contributed by atoms with Gasteiger partial charge in [-0.15, -0.1) is 6.58 Å². The molecule has 1 amide bonds. The maximum absolute atomic E-state index is 12.9. The lowest BCUT2D eigenvalue weighted by Gasteiger charge is -2.45. The number of rotatable bonds is 7. The van der Waals surface area contributed by atoms with Crippen LogP contribution in [0.3, 0.4) is 0 Å². The van der Waals surface area contributed by atoms with E-state index in [4.69, 9.17) is 0 Å². The van der Waals surface area contributed by atoms with E-state index in [-0.39, 0.29) is 29.2 Å². The van der Waals surface area contributed by atoms with Crippen molar-refractivity contribution >= 4 is 15.9 Å². The lowest BCUT2D eigenvalue weighted by molar-refractivity contribution is 0.0942. The summed E-state index contributed by atoms with van der Waals surface area (Å²) in [4.78, 5) is 13.0. The molecule has 2 bridgehead atoms. The maximum atomic E-state index is 12.9. The first-order chi connectivity index (χ1) is 16.0. The molecule has 33 heavy (non-hydrogen) atoms. The molecule has 0 saturated heterocycles. The highest BCUT2D eigenvalue weighted by molar-refractivity contribution is 7.89. The van der Waals surface area contributed by atoms with Gasteiger partial charge in [-0.05, 0) is 52.8 Å². The first-order valence-corrected chi connectivity index (χ1v) is 12.6. The predicted molar refractivity (Wildman–Crippen MR) is 129 cm³/mol. The first-order valence-electron chi connectivity index (χ1n) is 11.2. The van der Waals surface area contributed by atoms with Gasteiger partial charge in [-0.3, -0.25) is 4.79 Å². The fraction of sp³-hybridized carbons (Fsp3) is 0.222. The Morgan fingerprint density at radius 2 is 1.58 bits per heavy atom. The van der Waals surface area contributed by atoms with Crippen LogP contribution in [0.15, 0.2) is 90.3 Å². The molecule has 3 aromatic carbocycles. The zero-order valence-electron chi connectivity index (χ0n) is 18.2. The van der Waals surface area contributed by atoms with Crippen molar-refractivity contribution in [1.29, 1.82) is 0 Å². The Hall–Kier alpha value is -3.22. The minimum absolute atomic E-state index is 0.0663. The van der Waals surface area contributed by atoms with Crippen LogP contribution in [0.5, 0.6) is 0 Å². The molecule has 0 fully saturated rings.